The molecular weight excluding hydrogens is 792 g/mol. The van der Waals surface area contributed by atoms with E-state index in [0.29, 0.717) is 0 Å². The molecule has 0 spiro atoms. The van der Waals surface area contributed by atoms with Crippen LogP contribution in [0.3, 0.4) is 0 Å². The normalized spacial score (nSPS) is 11.8. The van der Waals surface area contributed by atoms with Crippen LogP contribution in [0.25, 0.3) is 0 Å². The van der Waals surface area contributed by atoms with Crippen LogP contribution < -0.4 is 21.9 Å². The second-order valence-corrected chi connectivity index (χ2v) is 14.6. The third-order valence-corrected chi connectivity index (χ3v) is 9.69. The molecule has 2 radical (unpaired) electrons. The van der Waals surface area contributed by atoms with Crippen LogP contribution in [0.2, 0.25) is 0 Å². The van der Waals surface area contributed by atoms with Crippen molar-refractivity contribution < 1.29 is 52.8 Å². The van der Waals surface area contributed by atoms with Gasteiger partial charge in [-0.15, -0.1) is 10.2 Å². The zero-order valence-electron chi connectivity index (χ0n) is 28.0. The summed E-state index contributed by atoms with van der Waals surface area (Å²) in [4.78, 5) is 34.9. The number of amides is 1. The van der Waals surface area contributed by atoms with Gasteiger partial charge in [-0.3, -0.25) is 23.3 Å². The first-order valence-corrected chi connectivity index (χ1v) is 18.4. The Morgan fingerprint density at radius 2 is 1.51 bits per heavy atom. The number of hydrogen-bond donors (Lipinski definition) is 6. The van der Waals surface area contributed by atoms with E-state index in [1.807, 2.05) is 0 Å². The summed E-state index contributed by atoms with van der Waals surface area (Å²) in [6.45, 7) is 1.80. The van der Waals surface area contributed by atoms with Gasteiger partial charge in [-0.1, -0.05) is 0 Å². The molecule has 27 heteroatoms. The largest absolute Gasteiger partial charge is 0.494 e. The second kappa shape index (κ2) is 18.2. The van der Waals surface area contributed by atoms with Gasteiger partial charge in [0.2, 0.25) is 17.8 Å². The van der Waals surface area contributed by atoms with Crippen molar-refractivity contribution >= 4 is 130 Å². The summed E-state index contributed by atoms with van der Waals surface area (Å²) >= 11 is 0. The van der Waals surface area contributed by atoms with E-state index in [4.69, 9.17) is 10.3 Å². The standard InChI is InChI=1S/C26H26FN9O12S3.2Na/c1-3-36-22(38)19(21(28)37)13(2)20(23(36)39)35-34-17-12-15(6-9-18(17)50(42,43)44)30-26-32-24(27)31-25(33-26)29-14-4-7-16(8-5-14)49(40,41)11-10-48-51(45,46)47;;/h4-9,12,38H,3,10-11H2,1-2H3,(H2,28,37)(H,42,43,44)(H,45,46,47)(H2,29,30,31,32,33);;. The third-order valence-electron chi connectivity index (χ3n) is 6.63. The van der Waals surface area contributed by atoms with Gasteiger partial charge in [-0.2, -0.15) is 36.2 Å². The quantitative estimate of drug-likeness (QED) is 0.0593. The number of anilines is 4. The maximum absolute atomic E-state index is 14.4. The topological polar surface area (TPSA) is 325 Å². The van der Waals surface area contributed by atoms with Crippen LogP contribution in [0.5, 0.6) is 5.88 Å². The fourth-order valence-corrected chi connectivity index (χ4v) is 6.43. The molecule has 4 aromatic rings. The van der Waals surface area contributed by atoms with Crippen molar-refractivity contribution in [2.24, 2.45) is 16.0 Å². The van der Waals surface area contributed by atoms with Crippen molar-refractivity contribution in [3.63, 3.8) is 0 Å². The van der Waals surface area contributed by atoms with Crippen LogP contribution in [-0.4, -0.2) is 136 Å². The third kappa shape index (κ3) is 11.8. The molecule has 1 amide bonds. The first kappa shape index (κ1) is 45.7. The zero-order valence-corrected chi connectivity index (χ0v) is 34.5. The van der Waals surface area contributed by atoms with Crippen LogP contribution in [-0.2, 0) is 41.1 Å². The van der Waals surface area contributed by atoms with E-state index in [1.165, 1.54) is 26.0 Å². The number of nitrogens with zero attached hydrogens (tertiary/aromatic N) is 6. The molecule has 0 aliphatic carbocycles. The van der Waals surface area contributed by atoms with Crippen LogP contribution >= 0.6 is 0 Å². The van der Waals surface area contributed by atoms with Crippen LogP contribution in [0, 0.1) is 13.0 Å². The molecule has 0 atom stereocenters. The molecule has 0 bridgehead atoms. The van der Waals surface area contributed by atoms with Crippen molar-refractivity contribution in [2.75, 3.05) is 23.0 Å². The molecule has 4 rings (SSSR count). The van der Waals surface area contributed by atoms with Crippen LogP contribution in [0.15, 0.2) is 67.3 Å². The fourth-order valence-electron chi connectivity index (χ4n) is 4.34. The molecule has 53 heavy (non-hydrogen) atoms. The van der Waals surface area contributed by atoms with Gasteiger partial charge in [-0.25, -0.2) is 12.6 Å². The smallest absolute Gasteiger partial charge is 0.397 e. The van der Waals surface area contributed by atoms with Crippen molar-refractivity contribution in [2.45, 2.75) is 30.2 Å². The van der Waals surface area contributed by atoms with Crippen LogP contribution in [0.4, 0.5) is 39.0 Å². The summed E-state index contributed by atoms with van der Waals surface area (Å²) in [6, 6.07) is 7.84. The summed E-state index contributed by atoms with van der Waals surface area (Å²) < 4.78 is 108. The molecule has 2 aromatic heterocycles. The minimum Gasteiger partial charge on any atom is -0.494 e. The number of aromatic nitrogens is 4. The van der Waals surface area contributed by atoms with E-state index < -0.39 is 93.9 Å². The van der Waals surface area contributed by atoms with Gasteiger partial charge in [0.15, 0.2) is 15.5 Å². The van der Waals surface area contributed by atoms with Gasteiger partial charge in [-0.05, 0) is 56.3 Å². The Labute approximate surface area is 344 Å². The van der Waals surface area contributed by atoms with E-state index in [0.717, 1.165) is 34.9 Å². The molecule has 0 aliphatic rings. The van der Waals surface area contributed by atoms with E-state index >= 15 is 0 Å². The van der Waals surface area contributed by atoms with Crippen LogP contribution in [0.1, 0.15) is 22.8 Å². The molecule has 0 saturated heterocycles. The van der Waals surface area contributed by atoms with E-state index in [-0.39, 0.29) is 93.4 Å². The number of primary amides is 1. The number of benzene rings is 2. The van der Waals surface area contributed by atoms with Gasteiger partial charge in [0.05, 0.1) is 17.3 Å². The number of aromatic hydroxyl groups is 1. The average Bonchev–Trinajstić information content (AvgIpc) is 3.00. The van der Waals surface area contributed by atoms with E-state index in [1.54, 1.807) is 0 Å². The number of pyridine rings is 1. The SMILES string of the molecule is CCn1c(O)c(C(N)=O)c(C)c(N=Nc2cc(Nc3nc(F)nc(Nc4ccc(S(=O)(=O)CCOS(=O)(=O)O)cc4)n3)ccc2S(=O)(=O)O)c1=O.[Na].[Na]. The summed E-state index contributed by atoms with van der Waals surface area (Å²) in [5, 5.41) is 23.1. The Morgan fingerprint density at radius 1 is 0.943 bits per heavy atom. The van der Waals surface area contributed by atoms with Crippen molar-refractivity contribution in [1.29, 1.82) is 0 Å². The fraction of sp³-hybridized carbons (Fsp3) is 0.192. The second-order valence-electron chi connectivity index (χ2n) is 10.0. The molecule has 0 saturated carbocycles. The Kier molecular flexibility index (Phi) is 15.7. The Balaban J connectivity index is 0.00000486. The summed E-state index contributed by atoms with van der Waals surface area (Å²) in [5.41, 5.74) is 2.98. The number of nitrogens with one attached hydrogen (secondary N) is 2. The molecule has 0 fully saturated rings. The molecule has 0 unspecified atom stereocenters. The zero-order chi connectivity index (χ0) is 37.9. The molecular formula is C26H26FN9Na2O12S3. The molecule has 0 aliphatic heterocycles. The number of nitrogens with two attached hydrogens (primary N) is 1. The maximum atomic E-state index is 14.4. The van der Waals surface area contributed by atoms with Gasteiger partial charge in [0, 0.05) is 82.6 Å². The summed E-state index contributed by atoms with van der Waals surface area (Å²) in [6.07, 6.45) is -1.29. The van der Waals surface area contributed by atoms with Gasteiger partial charge < -0.3 is 21.5 Å². The van der Waals surface area contributed by atoms with E-state index in [2.05, 4.69) is 40.0 Å². The minimum atomic E-state index is -4.93. The Bertz CT molecular complexity index is 2450. The predicted molar refractivity (Wildman–Crippen MR) is 186 cm³/mol. The minimum absolute atomic E-state index is 0. The number of rotatable bonds is 14. The maximum Gasteiger partial charge on any atom is 0.397 e. The molecule has 7 N–H and O–H groups in total. The monoisotopic (exact) mass is 817 g/mol. The average molecular weight is 818 g/mol. The van der Waals surface area contributed by atoms with Gasteiger partial charge >= 0.3 is 16.5 Å². The first-order valence-electron chi connectivity index (χ1n) is 13.9. The summed E-state index contributed by atoms with van der Waals surface area (Å²) in [7, 11) is -13.8. The molecule has 2 aromatic carbocycles. The van der Waals surface area contributed by atoms with Crippen molar-refractivity contribution in [1.82, 2.24) is 19.5 Å². The van der Waals surface area contributed by atoms with Gasteiger partial charge in [0.1, 0.15) is 16.1 Å². The number of carbonyl (C=O) groups is 1. The number of carbonyl (C=O) groups excluding carboxylic acids is 1. The summed E-state index contributed by atoms with van der Waals surface area (Å²) in [5.74, 6) is -3.37. The van der Waals surface area contributed by atoms with Crippen molar-refractivity contribution in [3.05, 3.63) is 70.0 Å². The van der Waals surface area contributed by atoms with E-state index in [9.17, 15) is 48.9 Å². The van der Waals surface area contributed by atoms with Gasteiger partial charge in [0.25, 0.3) is 21.6 Å². The molecule has 21 nitrogen and oxygen atoms in total. The molecule has 274 valence electrons. The Morgan fingerprint density at radius 3 is 2.04 bits per heavy atom. The number of azo groups is 1. The number of halogens is 1. The Hall–Kier alpha value is -3.47. The number of hydrogen-bond acceptors (Lipinski definition) is 17. The van der Waals surface area contributed by atoms with Crippen molar-refractivity contribution in [3.8, 4) is 5.88 Å². The predicted octanol–water partition coefficient (Wildman–Crippen LogP) is 1.29. The first-order chi connectivity index (χ1) is 23.7. The number of sulfone groups is 1. The molecule has 2 heterocycles.